The Hall–Kier alpha value is -0.485. The van der Waals surface area contributed by atoms with Crippen molar-refractivity contribution in [1.82, 2.24) is 0 Å². The highest BCUT2D eigenvalue weighted by Gasteiger charge is 2.16. The van der Waals surface area contributed by atoms with Gasteiger partial charge in [0.25, 0.3) is 0 Å². The molecule has 0 aliphatic heterocycles. The second-order valence-corrected chi connectivity index (χ2v) is 4.73. The highest BCUT2D eigenvalue weighted by Crippen LogP contribution is 2.28. The van der Waals surface area contributed by atoms with Gasteiger partial charge in [-0.25, -0.2) is 0 Å². The smallest absolute Gasteiger partial charge is 0.423 e. The normalized spacial score (nSPS) is 10.9. The summed E-state index contributed by atoms with van der Waals surface area (Å²) in [5, 5.41) is 19.1. The number of thiol groups is 1. The number of hydrogen-bond acceptors (Lipinski definition) is 4. The number of hydrogen-bond donors (Lipinski definition) is 3. The van der Waals surface area contributed by atoms with Crippen molar-refractivity contribution in [3.05, 3.63) is 23.8 Å². The Morgan fingerprint density at radius 1 is 1.36 bits per heavy atom. The van der Waals surface area contributed by atoms with E-state index in [4.69, 9.17) is 10.0 Å². The predicted octanol–water partition coefficient (Wildman–Crippen LogP) is 1.18. The van der Waals surface area contributed by atoms with Crippen molar-refractivity contribution in [2.45, 2.75) is 11.8 Å². The summed E-state index contributed by atoms with van der Waals surface area (Å²) in [4.78, 5) is 0.869. The van der Waals surface area contributed by atoms with Crippen molar-refractivity contribution in [2.75, 3.05) is 0 Å². The molecule has 2 aromatic rings. The van der Waals surface area contributed by atoms with Gasteiger partial charge in [0, 0.05) is 19.8 Å². The Balaban J connectivity index is 2.75. The van der Waals surface area contributed by atoms with Crippen LogP contribution in [0.4, 0.5) is 0 Å². The van der Waals surface area contributed by atoms with Crippen molar-refractivity contribution in [1.29, 1.82) is 0 Å². The summed E-state index contributed by atoms with van der Waals surface area (Å²) in [5.41, 5.74) is 1.13. The molecule has 2 N–H and O–H groups in total. The lowest BCUT2D eigenvalue weighted by Gasteiger charge is -1.97. The molecule has 0 saturated carbocycles. The van der Waals surface area contributed by atoms with E-state index in [-0.39, 0.29) is 0 Å². The molecule has 0 unspecified atom stereocenters. The third kappa shape index (κ3) is 1.57. The summed E-state index contributed by atoms with van der Waals surface area (Å²) in [6, 6.07) is 5.68. The van der Waals surface area contributed by atoms with E-state index in [0.29, 0.717) is 4.78 Å². The lowest BCUT2D eigenvalue weighted by molar-refractivity contribution is 0.427. The van der Waals surface area contributed by atoms with E-state index < -0.39 is 7.12 Å². The zero-order valence-electron chi connectivity index (χ0n) is 7.56. The summed E-state index contributed by atoms with van der Waals surface area (Å²) in [6.45, 7) is 2.00. The third-order valence-corrected chi connectivity index (χ3v) is 3.83. The number of aryl methyl sites for hydroxylation is 1. The second-order valence-electron chi connectivity index (χ2n) is 3.17. The summed E-state index contributed by atoms with van der Waals surface area (Å²) < 4.78 is 1.63. The summed E-state index contributed by atoms with van der Waals surface area (Å²) >= 11 is 5.72. The maximum Gasteiger partial charge on any atom is 0.499 e. The largest absolute Gasteiger partial charge is 0.499 e. The fourth-order valence-electron chi connectivity index (χ4n) is 1.39. The van der Waals surface area contributed by atoms with E-state index in [1.165, 1.54) is 11.3 Å². The van der Waals surface area contributed by atoms with Gasteiger partial charge in [-0.15, -0.1) is 24.0 Å². The molecule has 0 fully saturated rings. The van der Waals surface area contributed by atoms with Crippen LogP contribution in [0, 0.1) is 6.92 Å². The van der Waals surface area contributed by atoms with Gasteiger partial charge in [-0.05, 0) is 24.6 Å². The summed E-state index contributed by atoms with van der Waals surface area (Å²) in [6.07, 6.45) is 0. The van der Waals surface area contributed by atoms with Crippen LogP contribution in [0.5, 0.6) is 0 Å². The maximum absolute atomic E-state index is 9.05. The predicted molar refractivity (Wildman–Crippen MR) is 63.6 cm³/mol. The molecule has 0 spiro atoms. The zero-order valence-corrected chi connectivity index (χ0v) is 9.27. The summed E-state index contributed by atoms with van der Waals surface area (Å²) in [7, 11) is -1.39. The molecule has 1 aromatic heterocycles. The van der Waals surface area contributed by atoms with Crippen LogP contribution < -0.4 is 4.78 Å². The molecule has 0 saturated heterocycles. The number of thiophene rings is 1. The van der Waals surface area contributed by atoms with E-state index in [2.05, 4.69) is 12.6 Å². The van der Waals surface area contributed by atoms with E-state index in [1.807, 2.05) is 19.1 Å². The zero-order chi connectivity index (χ0) is 10.3. The third-order valence-electron chi connectivity index (χ3n) is 2.13. The van der Waals surface area contributed by atoms with E-state index >= 15 is 0 Å². The molecule has 0 atom stereocenters. The minimum Gasteiger partial charge on any atom is -0.423 e. The minimum atomic E-state index is -1.39. The Morgan fingerprint density at radius 2 is 2.07 bits per heavy atom. The highest BCUT2D eigenvalue weighted by atomic mass is 32.1. The monoisotopic (exact) mass is 224 g/mol. The summed E-state index contributed by atoms with van der Waals surface area (Å²) in [5.74, 6) is 0. The molecule has 0 aliphatic carbocycles. The van der Waals surface area contributed by atoms with Crippen molar-refractivity contribution < 1.29 is 10.0 Å². The minimum absolute atomic E-state index is 0.560. The van der Waals surface area contributed by atoms with Crippen LogP contribution in [0.25, 0.3) is 10.1 Å². The van der Waals surface area contributed by atoms with Crippen LogP contribution in [-0.2, 0) is 0 Å². The molecule has 1 heterocycles. The van der Waals surface area contributed by atoms with Crippen LogP contribution in [0.2, 0.25) is 0 Å². The molecule has 14 heavy (non-hydrogen) atoms. The number of benzene rings is 1. The molecule has 5 heteroatoms. The fourth-order valence-corrected chi connectivity index (χ4v) is 2.74. The number of fused-ring (bicyclic) bond motifs is 1. The average Bonchev–Trinajstić information content (AvgIpc) is 2.57. The van der Waals surface area contributed by atoms with Gasteiger partial charge in [-0.2, -0.15) is 0 Å². The van der Waals surface area contributed by atoms with E-state index in [0.717, 1.165) is 20.5 Å². The first-order valence-corrected chi connectivity index (χ1v) is 5.44. The van der Waals surface area contributed by atoms with Gasteiger partial charge >= 0.3 is 7.12 Å². The van der Waals surface area contributed by atoms with Gasteiger partial charge in [-0.3, -0.25) is 0 Å². The maximum atomic E-state index is 9.05. The Bertz CT molecular complexity index is 440. The van der Waals surface area contributed by atoms with Crippen LogP contribution in [0.15, 0.2) is 23.1 Å². The molecule has 0 amide bonds. The molecular formula is C9H9BO2S2. The van der Waals surface area contributed by atoms with Crippen LogP contribution in [0.1, 0.15) is 5.56 Å². The van der Waals surface area contributed by atoms with Gasteiger partial charge in [0.1, 0.15) is 0 Å². The van der Waals surface area contributed by atoms with Crippen molar-refractivity contribution >= 4 is 45.9 Å². The van der Waals surface area contributed by atoms with Crippen molar-refractivity contribution in [2.24, 2.45) is 0 Å². The molecule has 0 bridgehead atoms. The molecule has 0 aliphatic rings. The average molecular weight is 224 g/mol. The molecule has 2 rings (SSSR count). The van der Waals surface area contributed by atoms with Gasteiger partial charge in [0.2, 0.25) is 0 Å². The Kier molecular flexibility index (Phi) is 2.57. The Labute approximate surface area is 91.8 Å². The first-order valence-electron chi connectivity index (χ1n) is 4.17. The quantitative estimate of drug-likeness (QED) is 0.502. The molecule has 2 nitrogen and oxygen atoms in total. The van der Waals surface area contributed by atoms with Gasteiger partial charge in [-0.1, -0.05) is 6.07 Å². The highest BCUT2D eigenvalue weighted by molar-refractivity contribution is 7.80. The topological polar surface area (TPSA) is 40.5 Å². The van der Waals surface area contributed by atoms with Crippen LogP contribution >= 0.6 is 24.0 Å². The van der Waals surface area contributed by atoms with Gasteiger partial charge in [0.15, 0.2) is 0 Å². The van der Waals surface area contributed by atoms with E-state index in [9.17, 15) is 0 Å². The van der Waals surface area contributed by atoms with Gasteiger partial charge < -0.3 is 10.0 Å². The van der Waals surface area contributed by atoms with Crippen molar-refractivity contribution in [3.63, 3.8) is 0 Å². The lowest BCUT2D eigenvalue weighted by atomic mass is 9.89. The SMILES string of the molecule is Cc1ccc(S)c2cc(B(O)O)sc12. The van der Waals surface area contributed by atoms with Crippen LogP contribution in [0.3, 0.4) is 0 Å². The van der Waals surface area contributed by atoms with Gasteiger partial charge in [0.05, 0.1) is 0 Å². The molecule has 1 aromatic carbocycles. The Morgan fingerprint density at radius 3 is 2.64 bits per heavy atom. The standard InChI is InChI=1S/C9H9BO2S2/c1-5-2-3-7(13)6-4-8(10(11)12)14-9(5)6/h2-4,11-13H,1H3. The molecular weight excluding hydrogens is 215 g/mol. The second kappa shape index (κ2) is 3.58. The first kappa shape index (κ1) is 10.0. The van der Waals surface area contributed by atoms with Crippen molar-refractivity contribution in [3.8, 4) is 0 Å². The van der Waals surface area contributed by atoms with Crippen LogP contribution in [-0.4, -0.2) is 17.2 Å². The first-order chi connectivity index (χ1) is 6.59. The number of rotatable bonds is 1. The lowest BCUT2D eigenvalue weighted by Crippen LogP contribution is -2.26. The fraction of sp³-hybridized carbons (Fsp3) is 0.111. The molecule has 0 radical (unpaired) electrons. The molecule has 72 valence electrons. The van der Waals surface area contributed by atoms with E-state index in [1.54, 1.807) is 6.07 Å².